The van der Waals surface area contributed by atoms with Crippen LogP contribution in [0.25, 0.3) is 0 Å². The number of nitrogens with one attached hydrogen (secondary N) is 2. The van der Waals surface area contributed by atoms with E-state index in [1.807, 2.05) is 0 Å². The van der Waals surface area contributed by atoms with Crippen molar-refractivity contribution in [3.05, 3.63) is 18.2 Å². The Bertz CT molecular complexity index is 566. The van der Waals surface area contributed by atoms with Crippen LogP contribution in [0.15, 0.2) is 18.2 Å². The fourth-order valence-electron chi connectivity index (χ4n) is 2.21. The van der Waals surface area contributed by atoms with Crippen molar-refractivity contribution in [2.24, 2.45) is 0 Å². The monoisotopic (exact) mass is 384 g/mol. The van der Waals surface area contributed by atoms with Gasteiger partial charge in [0, 0.05) is 30.8 Å². The maximum Gasteiger partial charge on any atom is 0.422 e. The molecule has 0 bridgehead atoms. The molecule has 1 aromatic carbocycles. The number of carbonyl (C=O) groups excluding carboxylic acids is 1. The summed E-state index contributed by atoms with van der Waals surface area (Å²) in [4.78, 5) is 12.0. The normalized spacial score (nSPS) is 17.4. The van der Waals surface area contributed by atoms with Crippen LogP contribution in [0.3, 0.4) is 0 Å². The number of hydrogen-bond acceptors (Lipinski definition) is 5. The molecule has 6 nitrogen and oxygen atoms in total. The summed E-state index contributed by atoms with van der Waals surface area (Å²) < 4.78 is 51.8. The van der Waals surface area contributed by atoms with Crippen LogP contribution in [0, 0.1) is 0 Å². The zero-order chi connectivity index (χ0) is 17.6. The molecule has 1 aliphatic rings. The first-order valence-corrected chi connectivity index (χ1v) is 7.36. The van der Waals surface area contributed by atoms with Crippen molar-refractivity contribution in [3.8, 4) is 11.5 Å². The molecule has 2 N–H and O–H groups in total. The molecule has 1 aromatic rings. The van der Waals surface area contributed by atoms with Crippen LogP contribution in [0.1, 0.15) is 6.42 Å². The van der Waals surface area contributed by atoms with Gasteiger partial charge in [0.05, 0.1) is 20.3 Å². The Labute approximate surface area is 149 Å². The van der Waals surface area contributed by atoms with Gasteiger partial charge in [0.25, 0.3) is 0 Å². The first-order valence-electron chi connectivity index (χ1n) is 7.36. The Morgan fingerprint density at radius 1 is 1.40 bits per heavy atom. The lowest BCUT2D eigenvalue weighted by Crippen LogP contribution is -2.43. The van der Waals surface area contributed by atoms with Gasteiger partial charge in [-0.25, -0.2) is 0 Å². The van der Waals surface area contributed by atoms with Crippen LogP contribution < -0.4 is 20.1 Å². The molecule has 1 heterocycles. The zero-order valence-corrected chi connectivity index (χ0v) is 14.3. The molecule has 1 saturated heterocycles. The molecule has 0 radical (unpaired) electrons. The molecule has 142 valence electrons. The summed E-state index contributed by atoms with van der Waals surface area (Å²) in [5, 5.41) is 5.77. The largest absolute Gasteiger partial charge is 0.493 e. The SMILES string of the molecule is COc1ccc(NC(=O)CC2COCCN2)cc1OCC(F)(F)F.Cl. The quantitative estimate of drug-likeness (QED) is 0.788. The maximum atomic E-state index is 12.3. The van der Waals surface area contributed by atoms with Crippen LogP contribution in [-0.4, -0.2) is 51.6 Å². The first kappa shape index (κ1) is 21.3. The number of halogens is 4. The Kier molecular flexibility index (Phi) is 8.27. The third-order valence-electron chi connectivity index (χ3n) is 3.27. The topological polar surface area (TPSA) is 68.8 Å². The van der Waals surface area contributed by atoms with Crippen molar-refractivity contribution in [1.29, 1.82) is 0 Å². The van der Waals surface area contributed by atoms with E-state index in [0.29, 0.717) is 25.4 Å². The number of methoxy groups -OCH3 is 1. The van der Waals surface area contributed by atoms with Crippen molar-refractivity contribution >= 4 is 24.0 Å². The summed E-state index contributed by atoms with van der Waals surface area (Å²) in [6, 6.07) is 4.18. The first-order chi connectivity index (χ1) is 11.4. The van der Waals surface area contributed by atoms with Gasteiger partial charge in [-0.15, -0.1) is 12.4 Å². The van der Waals surface area contributed by atoms with Gasteiger partial charge in [0.15, 0.2) is 18.1 Å². The number of hydrogen-bond donors (Lipinski definition) is 2. The smallest absolute Gasteiger partial charge is 0.422 e. The molecule has 1 aliphatic heterocycles. The summed E-state index contributed by atoms with van der Waals surface area (Å²) in [5.74, 6) is -0.212. The van der Waals surface area contributed by atoms with E-state index in [2.05, 4.69) is 10.6 Å². The van der Waals surface area contributed by atoms with Crippen LogP contribution in [0.4, 0.5) is 18.9 Å². The van der Waals surface area contributed by atoms with Gasteiger partial charge >= 0.3 is 6.18 Å². The Hall–Kier alpha value is -1.71. The van der Waals surface area contributed by atoms with Gasteiger partial charge in [-0.3, -0.25) is 4.79 Å². The highest BCUT2D eigenvalue weighted by atomic mass is 35.5. The standard InChI is InChI=1S/C15H19F3N2O4.ClH/c1-22-12-3-2-10(6-13(12)24-9-15(16,17)18)20-14(21)7-11-8-23-5-4-19-11;/h2-3,6,11,19H,4-5,7-9H2,1H3,(H,20,21);1H. The van der Waals surface area contributed by atoms with Crippen LogP contribution in [0.2, 0.25) is 0 Å². The van der Waals surface area contributed by atoms with Gasteiger partial charge < -0.3 is 24.8 Å². The van der Waals surface area contributed by atoms with E-state index < -0.39 is 12.8 Å². The molecule has 0 spiro atoms. The van der Waals surface area contributed by atoms with Crippen LogP contribution in [0.5, 0.6) is 11.5 Å². The number of carbonyl (C=O) groups is 1. The number of amides is 1. The molecule has 0 aliphatic carbocycles. The van der Waals surface area contributed by atoms with E-state index in [9.17, 15) is 18.0 Å². The number of rotatable bonds is 6. The van der Waals surface area contributed by atoms with Crippen molar-refractivity contribution in [1.82, 2.24) is 5.32 Å². The fourth-order valence-corrected chi connectivity index (χ4v) is 2.21. The van der Waals surface area contributed by atoms with E-state index in [1.165, 1.54) is 25.3 Å². The Balaban J connectivity index is 0.00000312. The minimum Gasteiger partial charge on any atom is -0.493 e. The second-order valence-electron chi connectivity index (χ2n) is 5.25. The molecule has 1 amide bonds. The number of benzene rings is 1. The molecular weight excluding hydrogens is 365 g/mol. The molecule has 0 saturated carbocycles. The highest BCUT2D eigenvalue weighted by Gasteiger charge is 2.29. The van der Waals surface area contributed by atoms with E-state index in [0.717, 1.165) is 0 Å². The van der Waals surface area contributed by atoms with Crippen molar-refractivity contribution in [3.63, 3.8) is 0 Å². The molecular formula is C15H20ClF3N2O4. The summed E-state index contributed by atoms with van der Waals surface area (Å²) >= 11 is 0. The molecule has 2 rings (SSSR count). The van der Waals surface area contributed by atoms with Gasteiger partial charge in [0.1, 0.15) is 0 Å². The van der Waals surface area contributed by atoms with Gasteiger partial charge in [-0.1, -0.05) is 0 Å². The predicted molar refractivity (Wildman–Crippen MR) is 87.6 cm³/mol. The van der Waals surface area contributed by atoms with E-state index in [1.54, 1.807) is 0 Å². The highest BCUT2D eigenvalue weighted by molar-refractivity contribution is 5.91. The lowest BCUT2D eigenvalue weighted by atomic mass is 10.2. The maximum absolute atomic E-state index is 12.3. The molecule has 10 heteroatoms. The highest BCUT2D eigenvalue weighted by Crippen LogP contribution is 2.31. The fraction of sp³-hybridized carbons (Fsp3) is 0.533. The summed E-state index contributed by atoms with van der Waals surface area (Å²) in [7, 11) is 1.32. The molecule has 25 heavy (non-hydrogen) atoms. The second-order valence-corrected chi connectivity index (χ2v) is 5.25. The third-order valence-corrected chi connectivity index (χ3v) is 3.27. The minimum absolute atomic E-state index is 0. The van der Waals surface area contributed by atoms with Gasteiger partial charge in [0.2, 0.25) is 5.91 Å². The molecule has 0 aromatic heterocycles. The van der Waals surface area contributed by atoms with Gasteiger partial charge in [-0.05, 0) is 12.1 Å². The van der Waals surface area contributed by atoms with E-state index >= 15 is 0 Å². The van der Waals surface area contributed by atoms with E-state index in [-0.39, 0.29) is 42.3 Å². The lowest BCUT2D eigenvalue weighted by Gasteiger charge is -2.23. The summed E-state index contributed by atoms with van der Waals surface area (Å²) in [6.45, 7) is 0.284. The van der Waals surface area contributed by atoms with Crippen molar-refractivity contribution in [2.75, 3.05) is 38.8 Å². The van der Waals surface area contributed by atoms with Crippen molar-refractivity contribution in [2.45, 2.75) is 18.6 Å². The van der Waals surface area contributed by atoms with Crippen molar-refractivity contribution < 1.29 is 32.2 Å². The third kappa shape index (κ3) is 7.37. The van der Waals surface area contributed by atoms with E-state index in [4.69, 9.17) is 14.2 Å². The van der Waals surface area contributed by atoms with Gasteiger partial charge in [-0.2, -0.15) is 13.2 Å². The summed E-state index contributed by atoms with van der Waals surface area (Å²) in [5.41, 5.74) is 0.328. The zero-order valence-electron chi connectivity index (χ0n) is 13.5. The number of morpholine rings is 1. The minimum atomic E-state index is -4.46. The number of alkyl halides is 3. The number of anilines is 1. The van der Waals surface area contributed by atoms with Crippen LogP contribution in [-0.2, 0) is 9.53 Å². The number of ether oxygens (including phenoxy) is 3. The summed E-state index contributed by atoms with van der Waals surface area (Å²) in [6.07, 6.45) is -4.26. The molecule has 1 unspecified atom stereocenters. The average Bonchev–Trinajstić information content (AvgIpc) is 2.53. The second kappa shape index (κ2) is 9.69. The average molecular weight is 385 g/mol. The van der Waals surface area contributed by atoms with Crippen LogP contribution >= 0.6 is 12.4 Å². The lowest BCUT2D eigenvalue weighted by molar-refractivity contribution is -0.153. The Morgan fingerprint density at radius 2 is 2.16 bits per heavy atom. The molecule has 1 fully saturated rings. The Morgan fingerprint density at radius 3 is 2.76 bits per heavy atom. The predicted octanol–water partition coefficient (Wildman–Crippen LogP) is 2.38. The molecule has 1 atom stereocenters.